The van der Waals surface area contributed by atoms with Gasteiger partial charge in [-0.25, -0.2) is 0 Å². The van der Waals surface area contributed by atoms with Crippen molar-refractivity contribution < 1.29 is 49.5 Å². The van der Waals surface area contributed by atoms with E-state index in [4.69, 9.17) is 23.3 Å². The Morgan fingerprint density at radius 2 is 1.62 bits per heavy atom. The molecule has 1 saturated carbocycles. The second kappa shape index (κ2) is 11.9. The van der Waals surface area contributed by atoms with Crippen molar-refractivity contribution >= 4 is 10.4 Å². The van der Waals surface area contributed by atoms with Gasteiger partial charge in [0.1, 0.15) is 0 Å². The van der Waals surface area contributed by atoms with Crippen LogP contribution in [0.25, 0.3) is 5.73 Å². The Morgan fingerprint density at radius 1 is 1.25 bits per heavy atom. The first-order valence-electron chi connectivity index (χ1n) is 4.02. The van der Waals surface area contributed by atoms with Crippen molar-refractivity contribution in [3.8, 4) is 0 Å². The molecule has 0 aliphatic heterocycles. The quantitative estimate of drug-likeness (QED) is 0.433. The summed E-state index contributed by atoms with van der Waals surface area (Å²) in [5.74, 6) is 1.21. The van der Waals surface area contributed by atoms with Crippen LogP contribution in [0.2, 0.25) is 0 Å². The van der Waals surface area contributed by atoms with Gasteiger partial charge in [-0.2, -0.15) is 20.9 Å². The molecule has 0 spiro atoms. The van der Waals surface area contributed by atoms with E-state index in [0.717, 1.165) is 0 Å². The van der Waals surface area contributed by atoms with E-state index in [1.807, 2.05) is 0 Å². The van der Waals surface area contributed by atoms with Gasteiger partial charge in [0, 0.05) is 0 Å². The SMILES string of the molecule is O.O.O=S(=O)(O)O.[CH2-]C1CCCC1C[NH-].[Pt+2]. The summed E-state index contributed by atoms with van der Waals surface area (Å²) < 4.78 is 31.6. The van der Waals surface area contributed by atoms with Gasteiger partial charge in [-0.3, -0.25) is 9.11 Å². The van der Waals surface area contributed by atoms with E-state index in [9.17, 15) is 0 Å². The van der Waals surface area contributed by atoms with Crippen LogP contribution in [0, 0.1) is 18.8 Å². The Labute approximate surface area is 110 Å². The van der Waals surface area contributed by atoms with Gasteiger partial charge >= 0.3 is 31.5 Å². The molecule has 1 aliphatic rings. The van der Waals surface area contributed by atoms with Crippen LogP contribution in [-0.4, -0.2) is 35.0 Å². The summed E-state index contributed by atoms with van der Waals surface area (Å²) in [4.78, 5) is 0. The number of hydrogen-bond donors (Lipinski definition) is 2. The Bertz CT molecular complexity index is 227. The second-order valence-electron chi connectivity index (χ2n) is 3.10. The van der Waals surface area contributed by atoms with Crippen LogP contribution in [0.1, 0.15) is 19.3 Å². The minimum atomic E-state index is -4.67. The van der Waals surface area contributed by atoms with E-state index in [1.165, 1.54) is 19.3 Å². The van der Waals surface area contributed by atoms with Crippen molar-refractivity contribution in [2.45, 2.75) is 19.3 Å². The van der Waals surface area contributed by atoms with Crippen molar-refractivity contribution in [1.29, 1.82) is 0 Å². The van der Waals surface area contributed by atoms with Gasteiger partial charge in [0.2, 0.25) is 0 Å². The first-order valence-corrected chi connectivity index (χ1v) is 5.42. The molecule has 7 nitrogen and oxygen atoms in total. The monoisotopic (exact) mass is 440 g/mol. The molecule has 1 rings (SSSR count). The van der Waals surface area contributed by atoms with Crippen LogP contribution in [0.4, 0.5) is 0 Å². The Morgan fingerprint density at radius 3 is 1.75 bits per heavy atom. The minimum absolute atomic E-state index is 0. The van der Waals surface area contributed by atoms with E-state index in [-0.39, 0.29) is 32.0 Å². The van der Waals surface area contributed by atoms with Crippen LogP contribution in [0.5, 0.6) is 0 Å². The summed E-state index contributed by atoms with van der Waals surface area (Å²) in [5.41, 5.74) is 7.09. The summed E-state index contributed by atoms with van der Waals surface area (Å²) in [6.45, 7) is 4.56. The van der Waals surface area contributed by atoms with Crippen LogP contribution in [0.3, 0.4) is 0 Å². The first kappa shape index (κ1) is 25.3. The predicted octanol–water partition coefficient (Wildman–Crippen LogP) is -0.0157. The number of nitrogens with one attached hydrogen (secondary N) is 1. The molecule has 0 amide bonds. The van der Waals surface area contributed by atoms with Crippen LogP contribution in [-0.2, 0) is 31.5 Å². The summed E-state index contributed by atoms with van der Waals surface area (Å²) in [6.07, 6.45) is 3.80. The molecule has 16 heavy (non-hydrogen) atoms. The van der Waals surface area contributed by atoms with Crippen LogP contribution >= 0.6 is 0 Å². The molecule has 0 saturated heterocycles. The molecule has 104 valence electrons. The van der Waals surface area contributed by atoms with Gasteiger partial charge in [0.15, 0.2) is 0 Å². The molecule has 0 aromatic rings. The third-order valence-electron chi connectivity index (χ3n) is 2.08. The smallest absolute Gasteiger partial charge is 0.677 e. The van der Waals surface area contributed by atoms with E-state index in [1.54, 1.807) is 0 Å². The van der Waals surface area contributed by atoms with Crippen molar-refractivity contribution in [3.05, 3.63) is 12.7 Å². The van der Waals surface area contributed by atoms with E-state index < -0.39 is 10.4 Å². The molecule has 2 unspecified atom stereocenters. The zero-order valence-corrected chi connectivity index (χ0v) is 11.7. The molecular formula is C7H19NO6PtS. The van der Waals surface area contributed by atoms with E-state index >= 15 is 0 Å². The molecule has 0 heterocycles. The average Bonchev–Trinajstić information content (AvgIpc) is 2.31. The predicted molar refractivity (Wildman–Crippen MR) is 56.8 cm³/mol. The van der Waals surface area contributed by atoms with Gasteiger partial charge in [0.05, 0.1) is 0 Å². The maximum absolute atomic E-state index is 8.74. The molecule has 0 bridgehead atoms. The maximum Gasteiger partial charge on any atom is 2.00 e. The molecule has 2 atom stereocenters. The van der Waals surface area contributed by atoms with Gasteiger partial charge in [0.25, 0.3) is 0 Å². The van der Waals surface area contributed by atoms with Crippen LogP contribution < -0.4 is 0 Å². The number of hydrogen-bond acceptors (Lipinski definition) is 2. The average molecular weight is 440 g/mol. The van der Waals surface area contributed by atoms with Gasteiger partial charge in [-0.1, -0.05) is 25.2 Å². The molecule has 7 N–H and O–H groups in total. The molecule has 1 fully saturated rings. The topological polar surface area (TPSA) is 161 Å². The normalized spacial score (nSPS) is 22.8. The third kappa shape index (κ3) is 16.9. The Balaban J connectivity index is -0.0000000818. The molecule has 0 aromatic carbocycles. The fourth-order valence-corrected chi connectivity index (χ4v) is 1.38. The minimum Gasteiger partial charge on any atom is -0.677 e. The summed E-state index contributed by atoms with van der Waals surface area (Å²) in [6, 6.07) is 0. The van der Waals surface area contributed by atoms with E-state index in [2.05, 4.69) is 6.92 Å². The van der Waals surface area contributed by atoms with Gasteiger partial charge in [-0.15, -0.1) is 0 Å². The van der Waals surface area contributed by atoms with Crippen molar-refractivity contribution in [2.75, 3.05) is 6.54 Å². The summed E-state index contributed by atoms with van der Waals surface area (Å²) in [5, 5.41) is 0. The molecule has 0 radical (unpaired) electrons. The standard InChI is InChI=1S/C7H13N.H2O4S.2H2O.Pt/c1-6-3-2-4-7(6)5-8;1-5(2,3)4;;;/h6-8H,1-5H2;(H2,1,2,3,4);2*1H2;/q-2;;;;+2. The largest absolute Gasteiger partial charge is 2.00 e. The van der Waals surface area contributed by atoms with Gasteiger partial charge < -0.3 is 23.6 Å². The third-order valence-corrected chi connectivity index (χ3v) is 2.08. The fourth-order valence-electron chi connectivity index (χ4n) is 1.38. The fraction of sp³-hybridized carbons (Fsp3) is 0.857. The summed E-state index contributed by atoms with van der Waals surface area (Å²) in [7, 11) is -4.67. The maximum atomic E-state index is 8.74. The molecule has 1 aliphatic carbocycles. The second-order valence-corrected chi connectivity index (χ2v) is 4.00. The first-order chi connectivity index (χ1) is 5.84. The van der Waals surface area contributed by atoms with E-state index in [0.29, 0.717) is 18.4 Å². The van der Waals surface area contributed by atoms with Crippen LogP contribution in [0.15, 0.2) is 0 Å². The van der Waals surface area contributed by atoms with Gasteiger partial charge in [-0.05, 0) is 0 Å². The molecule has 0 aromatic heterocycles. The zero-order valence-electron chi connectivity index (χ0n) is 8.63. The molecule has 9 heteroatoms. The Hall–Kier alpha value is 0.438. The zero-order chi connectivity index (χ0) is 10.5. The number of rotatable bonds is 1. The van der Waals surface area contributed by atoms with Crippen molar-refractivity contribution in [1.82, 2.24) is 0 Å². The Kier molecular flexibility index (Phi) is 18.9. The van der Waals surface area contributed by atoms with Crippen molar-refractivity contribution in [3.63, 3.8) is 0 Å². The summed E-state index contributed by atoms with van der Waals surface area (Å²) >= 11 is 0. The molecular weight excluding hydrogens is 421 g/mol. The van der Waals surface area contributed by atoms with Crippen molar-refractivity contribution in [2.24, 2.45) is 11.8 Å².